The predicted molar refractivity (Wildman–Crippen MR) is 75.0 cm³/mol. The highest BCUT2D eigenvalue weighted by Crippen LogP contribution is 2.16. The Hall–Kier alpha value is -2.01. The number of benzene rings is 1. The fourth-order valence-electron chi connectivity index (χ4n) is 1.84. The van der Waals surface area contributed by atoms with E-state index in [2.05, 4.69) is 10.4 Å². The Morgan fingerprint density at radius 2 is 2.21 bits per heavy atom. The predicted octanol–water partition coefficient (Wildman–Crippen LogP) is 1.89. The van der Waals surface area contributed by atoms with E-state index < -0.39 is 0 Å². The molecule has 1 aromatic carbocycles. The molecule has 0 saturated heterocycles. The summed E-state index contributed by atoms with van der Waals surface area (Å²) >= 11 is 5.87. The molecule has 2 rings (SSSR count). The molecule has 1 aromatic heterocycles. The van der Waals surface area contributed by atoms with Crippen molar-refractivity contribution in [3.63, 3.8) is 0 Å². The SMILES string of the molecule is Cc1nn(C)cc1CNC(=O)c1cc(N)cc(Cl)c1. The minimum atomic E-state index is -0.211. The number of anilines is 1. The van der Waals surface area contributed by atoms with E-state index in [1.165, 1.54) is 0 Å². The molecule has 1 amide bonds. The van der Waals surface area contributed by atoms with E-state index in [1.807, 2.05) is 20.2 Å². The lowest BCUT2D eigenvalue weighted by molar-refractivity contribution is 0.0951. The van der Waals surface area contributed by atoms with Crippen LogP contribution in [0.5, 0.6) is 0 Å². The van der Waals surface area contributed by atoms with Crippen molar-refractivity contribution < 1.29 is 4.79 Å². The van der Waals surface area contributed by atoms with Gasteiger partial charge in [-0.25, -0.2) is 0 Å². The molecule has 2 aromatic rings. The summed E-state index contributed by atoms with van der Waals surface area (Å²) in [5.41, 5.74) is 8.45. The molecular formula is C13H15ClN4O. The van der Waals surface area contributed by atoms with E-state index in [9.17, 15) is 4.79 Å². The van der Waals surface area contributed by atoms with Crippen LogP contribution in [0.2, 0.25) is 5.02 Å². The van der Waals surface area contributed by atoms with Gasteiger partial charge in [-0.15, -0.1) is 0 Å². The van der Waals surface area contributed by atoms with E-state index in [4.69, 9.17) is 17.3 Å². The van der Waals surface area contributed by atoms with Crippen LogP contribution in [0.1, 0.15) is 21.6 Å². The molecule has 0 aliphatic carbocycles. The number of aryl methyl sites for hydroxylation is 2. The summed E-state index contributed by atoms with van der Waals surface area (Å²) in [5, 5.41) is 7.48. The van der Waals surface area contributed by atoms with Crippen molar-refractivity contribution in [3.05, 3.63) is 46.2 Å². The lowest BCUT2D eigenvalue weighted by Crippen LogP contribution is -2.23. The number of rotatable bonds is 3. The van der Waals surface area contributed by atoms with Gasteiger partial charge in [0.25, 0.3) is 5.91 Å². The standard InChI is InChI=1S/C13H15ClN4O/c1-8-10(7-18(2)17-8)6-16-13(19)9-3-11(14)5-12(15)4-9/h3-5,7H,6,15H2,1-2H3,(H,16,19). The fourth-order valence-corrected chi connectivity index (χ4v) is 2.09. The average Bonchev–Trinajstić information content (AvgIpc) is 2.63. The molecule has 0 aliphatic heterocycles. The molecule has 0 bridgehead atoms. The van der Waals surface area contributed by atoms with E-state index >= 15 is 0 Å². The minimum absolute atomic E-state index is 0.211. The van der Waals surface area contributed by atoms with Crippen molar-refractivity contribution in [2.75, 3.05) is 5.73 Å². The van der Waals surface area contributed by atoms with Gasteiger partial charge in [-0.1, -0.05) is 11.6 Å². The van der Waals surface area contributed by atoms with Crippen molar-refractivity contribution in [1.82, 2.24) is 15.1 Å². The van der Waals surface area contributed by atoms with Crippen LogP contribution in [0, 0.1) is 6.92 Å². The third-order valence-electron chi connectivity index (χ3n) is 2.74. The maximum atomic E-state index is 12.0. The summed E-state index contributed by atoms with van der Waals surface area (Å²) < 4.78 is 1.72. The largest absolute Gasteiger partial charge is 0.399 e. The second-order valence-electron chi connectivity index (χ2n) is 4.37. The average molecular weight is 279 g/mol. The van der Waals surface area contributed by atoms with Crippen LogP contribution < -0.4 is 11.1 Å². The van der Waals surface area contributed by atoms with E-state index in [0.29, 0.717) is 22.8 Å². The van der Waals surface area contributed by atoms with Crippen molar-refractivity contribution in [1.29, 1.82) is 0 Å². The summed E-state index contributed by atoms with van der Waals surface area (Å²) in [4.78, 5) is 12.0. The van der Waals surface area contributed by atoms with Gasteiger partial charge >= 0.3 is 0 Å². The number of carbonyl (C=O) groups excluding carboxylic acids is 1. The summed E-state index contributed by atoms with van der Waals surface area (Å²) in [5.74, 6) is -0.211. The van der Waals surface area contributed by atoms with Gasteiger partial charge in [-0.2, -0.15) is 5.10 Å². The highest BCUT2D eigenvalue weighted by molar-refractivity contribution is 6.31. The Bertz CT molecular complexity index is 601. The summed E-state index contributed by atoms with van der Waals surface area (Å²) in [7, 11) is 1.84. The Morgan fingerprint density at radius 1 is 1.47 bits per heavy atom. The third kappa shape index (κ3) is 3.26. The Morgan fingerprint density at radius 3 is 2.79 bits per heavy atom. The lowest BCUT2D eigenvalue weighted by atomic mass is 10.2. The van der Waals surface area contributed by atoms with Crippen LogP contribution in [-0.4, -0.2) is 15.7 Å². The van der Waals surface area contributed by atoms with Gasteiger partial charge < -0.3 is 11.1 Å². The monoisotopic (exact) mass is 278 g/mol. The number of amides is 1. The zero-order chi connectivity index (χ0) is 14.0. The number of carbonyl (C=O) groups is 1. The van der Waals surface area contributed by atoms with Crippen LogP contribution in [0.3, 0.4) is 0 Å². The van der Waals surface area contributed by atoms with Crippen LogP contribution >= 0.6 is 11.6 Å². The normalized spacial score (nSPS) is 10.5. The van der Waals surface area contributed by atoms with Gasteiger partial charge in [0, 0.05) is 41.6 Å². The summed E-state index contributed by atoms with van der Waals surface area (Å²) in [6.07, 6.45) is 1.88. The second kappa shape index (κ2) is 5.32. The number of nitrogens with zero attached hydrogens (tertiary/aromatic N) is 2. The van der Waals surface area contributed by atoms with E-state index in [1.54, 1.807) is 22.9 Å². The number of nitrogens with two attached hydrogens (primary N) is 1. The van der Waals surface area contributed by atoms with Crippen LogP contribution in [-0.2, 0) is 13.6 Å². The van der Waals surface area contributed by atoms with Gasteiger partial charge in [0.2, 0.25) is 0 Å². The summed E-state index contributed by atoms with van der Waals surface area (Å²) in [6, 6.07) is 4.78. The maximum absolute atomic E-state index is 12.0. The minimum Gasteiger partial charge on any atom is -0.399 e. The molecule has 6 heteroatoms. The van der Waals surface area contributed by atoms with Crippen molar-refractivity contribution >= 4 is 23.2 Å². The molecule has 0 unspecified atom stereocenters. The number of nitrogen functional groups attached to an aromatic ring is 1. The zero-order valence-electron chi connectivity index (χ0n) is 10.8. The molecule has 19 heavy (non-hydrogen) atoms. The first-order valence-corrected chi connectivity index (χ1v) is 6.17. The molecule has 100 valence electrons. The highest BCUT2D eigenvalue weighted by Gasteiger charge is 2.09. The number of nitrogens with one attached hydrogen (secondary N) is 1. The topological polar surface area (TPSA) is 72.9 Å². The van der Waals surface area contributed by atoms with Gasteiger partial charge in [-0.3, -0.25) is 9.48 Å². The van der Waals surface area contributed by atoms with Crippen molar-refractivity contribution in [2.24, 2.45) is 7.05 Å². The molecule has 0 atom stereocenters. The molecule has 0 saturated carbocycles. The number of hydrogen-bond donors (Lipinski definition) is 2. The molecule has 1 heterocycles. The Labute approximate surface area is 116 Å². The van der Waals surface area contributed by atoms with Crippen molar-refractivity contribution in [3.8, 4) is 0 Å². The van der Waals surface area contributed by atoms with Gasteiger partial charge in [0.1, 0.15) is 0 Å². The Balaban J connectivity index is 2.07. The quantitative estimate of drug-likeness (QED) is 0.842. The van der Waals surface area contributed by atoms with Crippen LogP contribution in [0.25, 0.3) is 0 Å². The molecule has 0 radical (unpaired) electrons. The van der Waals surface area contributed by atoms with E-state index in [0.717, 1.165) is 11.3 Å². The van der Waals surface area contributed by atoms with Gasteiger partial charge in [-0.05, 0) is 25.1 Å². The molecular weight excluding hydrogens is 264 g/mol. The number of aromatic nitrogens is 2. The van der Waals surface area contributed by atoms with E-state index in [-0.39, 0.29) is 5.91 Å². The van der Waals surface area contributed by atoms with Crippen molar-refractivity contribution in [2.45, 2.75) is 13.5 Å². The number of hydrogen-bond acceptors (Lipinski definition) is 3. The Kier molecular flexibility index (Phi) is 3.76. The van der Waals surface area contributed by atoms with Crippen LogP contribution in [0.4, 0.5) is 5.69 Å². The number of halogens is 1. The van der Waals surface area contributed by atoms with Gasteiger partial charge in [0.15, 0.2) is 0 Å². The molecule has 3 N–H and O–H groups in total. The summed E-state index contributed by atoms with van der Waals surface area (Å²) in [6.45, 7) is 2.32. The van der Waals surface area contributed by atoms with Crippen LogP contribution in [0.15, 0.2) is 24.4 Å². The smallest absolute Gasteiger partial charge is 0.251 e. The lowest BCUT2D eigenvalue weighted by Gasteiger charge is -2.06. The third-order valence-corrected chi connectivity index (χ3v) is 2.96. The second-order valence-corrected chi connectivity index (χ2v) is 4.81. The molecule has 0 aliphatic rings. The molecule has 5 nitrogen and oxygen atoms in total. The zero-order valence-corrected chi connectivity index (χ0v) is 11.5. The highest BCUT2D eigenvalue weighted by atomic mass is 35.5. The first-order chi connectivity index (χ1) is 8.95. The van der Waals surface area contributed by atoms with Gasteiger partial charge in [0.05, 0.1) is 5.69 Å². The first kappa shape index (κ1) is 13.4. The molecule has 0 spiro atoms. The first-order valence-electron chi connectivity index (χ1n) is 5.79. The molecule has 0 fully saturated rings. The fraction of sp³-hybridized carbons (Fsp3) is 0.231. The maximum Gasteiger partial charge on any atom is 0.251 e.